The number of likely N-dealkylation sites (N-methyl/N-ethyl adjacent to an activating group) is 1. The second-order valence-corrected chi connectivity index (χ2v) is 5.05. The van der Waals surface area contributed by atoms with E-state index >= 15 is 0 Å². The van der Waals surface area contributed by atoms with Gasteiger partial charge >= 0.3 is 0 Å². The third kappa shape index (κ3) is 6.03. The number of nitrogens with one attached hydrogen (secondary N) is 1. The van der Waals surface area contributed by atoms with Crippen LogP contribution in [0.15, 0.2) is 18.2 Å². The van der Waals surface area contributed by atoms with Crippen molar-refractivity contribution in [3.63, 3.8) is 0 Å². The Kier molecular flexibility index (Phi) is 7.63. The highest BCUT2D eigenvalue weighted by Crippen LogP contribution is 2.20. The van der Waals surface area contributed by atoms with Crippen molar-refractivity contribution >= 4 is 23.2 Å². The lowest BCUT2D eigenvalue weighted by molar-refractivity contribution is 0.161. The predicted octanol–water partition coefficient (Wildman–Crippen LogP) is 2.66. The van der Waals surface area contributed by atoms with Crippen molar-refractivity contribution in [2.75, 3.05) is 40.4 Å². The van der Waals surface area contributed by atoms with E-state index in [0.29, 0.717) is 10.0 Å². The number of hydrogen-bond acceptors (Lipinski definition) is 3. The van der Waals surface area contributed by atoms with E-state index in [1.165, 1.54) is 0 Å². The minimum atomic E-state index is 0.669. The Balaban J connectivity index is 2.21. The fraction of sp³-hybridized carbons (Fsp3) is 0.538. The van der Waals surface area contributed by atoms with Crippen molar-refractivity contribution < 1.29 is 4.74 Å². The maximum absolute atomic E-state index is 6.09. The van der Waals surface area contributed by atoms with Crippen LogP contribution in [0.25, 0.3) is 0 Å². The van der Waals surface area contributed by atoms with E-state index in [-0.39, 0.29) is 0 Å². The van der Waals surface area contributed by atoms with E-state index in [9.17, 15) is 0 Å². The molecule has 1 aromatic carbocycles. The molecule has 0 amide bonds. The first kappa shape index (κ1) is 15.7. The summed E-state index contributed by atoms with van der Waals surface area (Å²) in [5.74, 6) is 0. The summed E-state index contributed by atoms with van der Waals surface area (Å²) >= 11 is 11.9. The average molecular weight is 291 g/mol. The van der Waals surface area contributed by atoms with Gasteiger partial charge in [-0.3, -0.25) is 0 Å². The summed E-state index contributed by atoms with van der Waals surface area (Å²) in [6.07, 6.45) is 0. The highest BCUT2D eigenvalue weighted by molar-refractivity contribution is 6.35. The fourth-order valence-corrected chi connectivity index (χ4v) is 1.99. The van der Waals surface area contributed by atoms with E-state index < -0.39 is 0 Å². The number of halogens is 2. The van der Waals surface area contributed by atoms with Crippen LogP contribution in [0.3, 0.4) is 0 Å². The fourth-order valence-electron chi connectivity index (χ4n) is 1.52. The molecule has 0 saturated heterocycles. The first-order valence-corrected chi connectivity index (χ1v) is 6.71. The lowest BCUT2D eigenvalue weighted by Crippen LogP contribution is -2.31. The smallest absolute Gasteiger partial charge is 0.0589 e. The van der Waals surface area contributed by atoms with Crippen molar-refractivity contribution in [3.05, 3.63) is 33.8 Å². The summed E-state index contributed by atoms with van der Waals surface area (Å²) in [6, 6.07) is 5.58. The second-order valence-electron chi connectivity index (χ2n) is 4.21. The molecule has 1 N–H and O–H groups in total. The Morgan fingerprint density at radius 1 is 1.28 bits per heavy atom. The van der Waals surface area contributed by atoms with Gasteiger partial charge in [-0.15, -0.1) is 0 Å². The van der Waals surface area contributed by atoms with Gasteiger partial charge in [-0.1, -0.05) is 29.3 Å². The Labute approximate surface area is 119 Å². The predicted molar refractivity (Wildman–Crippen MR) is 77.5 cm³/mol. The number of rotatable bonds is 8. The lowest BCUT2D eigenvalue weighted by Gasteiger charge is -2.16. The maximum Gasteiger partial charge on any atom is 0.0589 e. The van der Waals surface area contributed by atoms with Crippen molar-refractivity contribution in [3.8, 4) is 0 Å². The molecule has 0 fully saturated rings. The Bertz CT molecular complexity index is 361. The molecule has 0 aromatic heterocycles. The van der Waals surface area contributed by atoms with Crippen molar-refractivity contribution in [2.24, 2.45) is 0 Å². The van der Waals surface area contributed by atoms with Gasteiger partial charge in [0.2, 0.25) is 0 Å². The summed E-state index contributed by atoms with van der Waals surface area (Å²) in [6.45, 7) is 4.36. The van der Waals surface area contributed by atoms with Gasteiger partial charge in [-0.2, -0.15) is 0 Å². The monoisotopic (exact) mass is 290 g/mol. The van der Waals surface area contributed by atoms with Crippen LogP contribution < -0.4 is 5.32 Å². The molecule has 3 nitrogen and oxygen atoms in total. The molecule has 0 atom stereocenters. The minimum Gasteiger partial charge on any atom is -0.383 e. The Morgan fingerprint density at radius 2 is 2.06 bits per heavy atom. The largest absolute Gasteiger partial charge is 0.383 e. The molecule has 18 heavy (non-hydrogen) atoms. The quantitative estimate of drug-likeness (QED) is 0.745. The van der Waals surface area contributed by atoms with Crippen LogP contribution in [0, 0.1) is 0 Å². The molecule has 0 aliphatic carbocycles. The topological polar surface area (TPSA) is 24.5 Å². The summed E-state index contributed by atoms with van der Waals surface area (Å²) in [7, 11) is 3.80. The highest BCUT2D eigenvalue weighted by Gasteiger charge is 2.01. The lowest BCUT2D eigenvalue weighted by atomic mass is 10.2. The molecule has 5 heteroatoms. The molecule has 1 rings (SSSR count). The van der Waals surface area contributed by atoms with Gasteiger partial charge in [0.1, 0.15) is 0 Å². The normalized spacial score (nSPS) is 11.2. The van der Waals surface area contributed by atoms with Crippen LogP contribution in [0.2, 0.25) is 10.0 Å². The zero-order chi connectivity index (χ0) is 13.4. The molecule has 0 radical (unpaired) electrons. The third-order valence-corrected chi connectivity index (χ3v) is 3.26. The van der Waals surface area contributed by atoms with Crippen LogP contribution >= 0.6 is 23.2 Å². The van der Waals surface area contributed by atoms with Crippen molar-refractivity contribution in [1.29, 1.82) is 0 Å². The zero-order valence-electron chi connectivity index (χ0n) is 10.9. The summed E-state index contributed by atoms with van der Waals surface area (Å²) in [4.78, 5) is 2.22. The van der Waals surface area contributed by atoms with E-state index in [1.54, 1.807) is 13.2 Å². The molecular formula is C13H20Cl2N2O. The van der Waals surface area contributed by atoms with Gasteiger partial charge in [0.15, 0.2) is 0 Å². The van der Waals surface area contributed by atoms with Gasteiger partial charge < -0.3 is 15.0 Å². The maximum atomic E-state index is 6.09. The van der Waals surface area contributed by atoms with E-state index in [1.807, 2.05) is 12.1 Å². The summed E-state index contributed by atoms with van der Waals surface area (Å²) in [5.41, 5.74) is 1.07. The summed E-state index contributed by atoms with van der Waals surface area (Å²) in [5, 5.41) is 4.74. The number of nitrogens with zero attached hydrogens (tertiary/aromatic N) is 1. The first-order valence-electron chi connectivity index (χ1n) is 5.95. The number of methoxy groups -OCH3 is 1. The zero-order valence-corrected chi connectivity index (χ0v) is 12.4. The van der Waals surface area contributed by atoms with E-state index in [4.69, 9.17) is 27.9 Å². The van der Waals surface area contributed by atoms with Crippen LogP contribution in [-0.4, -0.2) is 45.3 Å². The third-order valence-electron chi connectivity index (χ3n) is 2.68. The van der Waals surface area contributed by atoms with Crippen LogP contribution in [0.4, 0.5) is 0 Å². The number of ether oxygens (including phenoxy) is 1. The molecule has 102 valence electrons. The van der Waals surface area contributed by atoms with Crippen LogP contribution in [-0.2, 0) is 11.3 Å². The standard InChI is InChI=1S/C13H20Cl2N2O/c1-17(7-8-18-2)6-5-16-10-11-3-4-12(14)9-13(11)15/h3-4,9,16H,5-8,10H2,1-2H3. The molecule has 0 heterocycles. The molecule has 0 bridgehead atoms. The van der Waals surface area contributed by atoms with Gasteiger partial charge in [-0.25, -0.2) is 0 Å². The van der Waals surface area contributed by atoms with Crippen LogP contribution in [0.1, 0.15) is 5.56 Å². The molecule has 0 spiro atoms. The van der Waals surface area contributed by atoms with Crippen molar-refractivity contribution in [1.82, 2.24) is 10.2 Å². The average Bonchev–Trinajstić information content (AvgIpc) is 2.34. The van der Waals surface area contributed by atoms with E-state index in [0.717, 1.165) is 38.3 Å². The minimum absolute atomic E-state index is 0.669. The molecule has 0 aliphatic rings. The van der Waals surface area contributed by atoms with Gasteiger partial charge in [0.05, 0.1) is 6.61 Å². The summed E-state index contributed by atoms with van der Waals surface area (Å²) < 4.78 is 5.02. The molecule has 0 aliphatic heterocycles. The van der Waals surface area contributed by atoms with Gasteiger partial charge in [0, 0.05) is 43.3 Å². The van der Waals surface area contributed by atoms with Crippen molar-refractivity contribution in [2.45, 2.75) is 6.54 Å². The Morgan fingerprint density at radius 3 is 2.72 bits per heavy atom. The Hall–Kier alpha value is -0.320. The number of benzene rings is 1. The molecule has 0 unspecified atom stereocenters. The van der Waals surface area contributed by atoms with Gasteiger partial charge in [-0.05, 0) is 24.7 Å². The van der Waals surface area contributed by atoms with Gasteiger partial charge in [0.25, 0.3) is 0 Å². The van der Waals surface area contributed by atoms with Crippen LogP contribution in [0.5, 0.6) is 0 Å². The molecular weight excluding hydrogens is 271 g/mol. The highest BCUT2D eigenvalue weighted by atomic mass is 35.5. The molecule has 0 saturated carbocycles. The van der Waals surface area contributed by atoms with E-state index in [2.05, 4.69) is 17.3 Å². The number of hydrogen-bond donors (Lipinski definition) is 1. The molecule has 1 aromatic rings. The SMILES string of the molecule is COCCN(C)CCNCc1ccc(Cl)cc1Cl. The first-order chi connectivity index (χ1) is 8.63. The second kappa shape index (κ2) is 8.73.